The number of nitrogens with two attached hydrogens (primary N) is 1. The van der Waals surface area contributed by atoms with E-state index in [-0.39, 0.29) is 5.54 Å². The van der Waals surface area contributed by atoms with E-state index < -0.39 is 0 Å². The molecule has 3 nitrogen and oxygen atoms in total. The van der Waals surface area contributed by atoms with E-state index in [1.54, 1.807) is 0 Å². The standard InChI is InChI=1S/C26H49N3/c1-8-28-17-29-14-13-26(27,24-15-20(6)9-11-22(24)18(2)3)25-16-21(7)10-12-23(25)19(4)5/h18-25H,8-16,27H2,1-7H3. The van der Waals surface area contributed by atoms with Crippen LogP contribution in [0.2, 0.25) is 0 Å². The maximum atomic E-state index is 7.62. The van der Waals surface area contributed by atoms with Crippen LogP contribution in [0.15, 0.2) is 9.98 Å². The summed E-state index contributed by atoms with van der Waals surface area (Å²) in [5.41, 5.74) is 7.50. The summed E-state index contributed by atoms with van der Waals surface area (Å²) in [6.07, 6.45) is 9.00. The Bertz CT molecular complexity index is 514. The molecule has 3 heteroatoms. The Morgan fingerprint density at radius 1 is 0.862 bits per heavy atom. The second-order valence-electron chi connectivity index (χ2n) is 11.2. The van der Waals surface area contributed by atoms with Crippen LogP contribution < -0.4 is 5.73 Å². The molecule has 0 bridgehead atoms. The fourth-order valence-corrected chi connectivity index (χ4v) is 6.71. The van der Waals surface area contributed by atoms with Gasteiger partial charge < -0.3 is 5.73 Å². The topological polar surface area (TPSA) is 50.7 Å². The minimum absolute atomic E-state index is 0.120. The molecule has 168 valence electrons. The van der Waals surface area contributed by atoms with E-state index in [4.69, 9.17) is 5.73 Å². The molecular weight excluding hydrogens is 354 g/mol. The van der Waals surface area contributed by atoms with E-state index in [2.05, 4.69) is 57.5 Å². The molecule has 2 aliphatic carbocycles. The van der Waals surface area contributed by atoms with Gasteiger partial charge in [0, 0.05) is 12.1 Å². The van der Waals surface area contributed by atoms with Gasteiger partial charge in [-0.2, -0.15) is 0 Å². The van der Waals surface area contributed by atoms with Crippen LogP contribution in [0.1, 0.15) is 93.4 Å². The largest absolute Gasteiger partial charge is 0.325 e. The third kappa shape index (κ3) is 6.17. The van der Waals surface area contributed by atoms with E-state index >= 15 is 0 Å². The van der Waals surface area contributed by atoms with E-state index in [9.17, 15) is 0 Å². The molecule has 2 N–H and O–H groups in total. The van der Waals surface area contributed by atoms with Crippen LogP contribution in [0.25, 0.3) is 0 Å². The number of rotatable bonds is 8. The Kier molecular flexibility index (Phi) is 9.42. The first-order valence-electron chi connectivity index (χ1n) is 12.6. The monoisotopic (exact) mass is 403 g/mol. The van der Waals surface area contributed by atoms with Crippen molar-refractivity contribution in [1.29, 1.82) is 0 Å². The molecule has 2 aliphatic rings. The van der Waals surface area contributed by atoms with Gasteiger partial charge >= 0.3 is 0 Å². The van der Waals surface area contributed by atoms with Crippen molar-refractivity contribution < 1.29 is 0 Å². The highest BCUT2D eigenvalue weighted by Gasteiger charge is 2.51. The molecule has 2 rings (SSSR count). The van der Waals surface area contributed by atoms with Crippen molar-refractivity contribution >= 4 is 6.01 Å². The molecule has 0 aromatic heterocycles. The molecule has 6 atom stereocenters. The van der Waals surface area contributed by atoms with Gasteiger partial charge in [0.1, 0.15) is 0 Å². The Balaban J connectivity index is 2.41. The van der Waals surface area contributed by atoms with E-state index in [0.29, 0.717) is 23.7 Å². The van der Waals surface area contributed by atoms with Crippen LogP contribution in [-0.4, -0.2) is 24.6 Å². The SMILES string of the molecule is CCN=C=NCCC(N)(C1CC(C)CCC1C(C)C)C1CC(C)CCC1C(C)C. The molecule has 0 aromatic rings. The molecule has 0 radical (unpaired) electrons. The van der Waals surface area contributed by atoms with Gasteiger partial charge in [-0.15, -0.1) is 0 Å². The quantitative estimate of drug-likeness (QED) is 0.451. The van der Waals surface area contributed by atoms with Gasteiger partial charge in [-0.05, 0) is 86.4 Å². The number of aliphatic imine (C=N–C) groups is 2. The van der Waals surface area contributed by atoms with Crippen LogP contribution in [0.4, 0.5) is 0 Å². The van der Waals surface area contributed by atoms with Crippen LogP contribution in [0.3, 0.4) is 0 Å². The van der Waals surface area contributed by atoms with E-state index in [1.807, 2.05) is 6.92 Å². The van der Waals surface area contributed by atoms with Crippen molar-refractivity contribution in [3.05, 3.63) is 0 Å². The maximum absolute atomic E-state index is 7.62. The number of hydrogen-bond acceptors (Lipinski definition) is 3. The average Bonchev–Trinajstić information content (AvgIpc) is 2.67. The normalized spacial score (nSPS) is 35.2. The Morgan fingerprint density at radius 3 is 1.76 bits per heavy atom. The summed E-state index contributed by atoms with van der Waals surface area (Å²) in [6.45, 7) is 18.1. The molecule has 0 heterocycles. The highest BCUT2D eigenvalue weighted by molar-refractivity contribution is 5.40. The van der Waals surface area contributed by atoms with Crippen molar-refractivity contribution in [3.63, 3.8) is 0 Å². The zero-order chi connectivity index (χ0) is 21.6. The minimum Gasteiger partial charge on any atom is -0.325 e. The second-order valence-corrected chi connectivity index (χ2v) is 11.2. The molecule has 0 amide bonds. The lowest BCUT2D eigenvalue weighted by Crippen LogP contribution is -2.61. The smallest absolute Gasteiger partial charge is 0.0892 e. The van der Waals surface area contributed by atoms with Crippen LogP contribution in [0, 0.1) is 47.3 Å². The zero-order valence-electron chi connectivity index (χ0n) is 20.5. The van der Waals surface area contributed by atoms with Gasteiger partial charge in [0.05, 0.1) is 12.6 Å². The van der Waals surface area contributed by atoms with Gasteiger partial charge in [-0.1, -0.05) is 54.4 Å². The lowest BCUT2D eigenvalue weighted by molar-refractivity contribution is -0.0184. The lowest BCUT2D eigenvalue weighted by Gasteiger charge is -2.55. The number of hydrogen-bond donors (Lipinski definition) is 1. The van der Waals surface area contributed by atoms with E-state index in [1.165, 1.54) is 38.5 Å². The summed E-state index contributed by atoms with van der Waals surface area (Å²) >= 11 is 0. The third-order valence-corrected chi connectivity index (χ3v) is 8.38. The predicted molar refractivity (Wildman–Crippen MR) is 126 cm³/mol. The number of nitrogens with zero attached hydrogens (tertiary/aromatic N) is 2. The van der Waals surface area contributed by atoms with Crippen molar-refractivity contribution in [1.82, 2.24) is 0 Å². The van der Waals surface area contributed by atoms with Crippen molar-refractivity contribution in [2.75, 3.05) is 13.1 Å². The highest BCUT2D eigenvalue weighted by atomic mass is 14.9. The molecule has 29 heavy (non-hydrogen) atoms. The Labute approximate surface area is 181 Å². The summed E-state index contributed by atoms with van der Waals surface area (Å²) in [5, 5.41) is 0. The molecule has 0 aliphatic heterocycles. The van der Waals surface area contributed by atoms with Gasteiger partial charge in [-0.3, -0.25) is 0 Å². The summed E-state index contributed by atoms with van der Waals surface area (Å²) in [6, 6.07) is 2.89. The van der Waals surface area contributed by atoms with Crippen LogP contribution in [0.5, 0.6) is 0 Å². The van der Waals surface area contributed by atoms with Crippen LogP contribution >= 0.6 is 0 Å². The summed E-state index contributed by atoms with van der Waals surface area (Å²) in [5.74, 6) is 5.72. The maximum Gasteiger partial charge on any atom is 0.0892 e. The lowest BCUT2D eigenvalue weighted by atomic mass is 9.53. The summed E-state index contributed by atoms with van der Waals surface area (Å²) in [7, 11) is 0. The van der Waals surface area contributed by atoms with Crippen molar-refractivity contribution in [2.45, 2.75) is 99.0 Å². The molecule has 0 aromatic carbocycles. The van der Waals surface area contributed by atoms with Crippen LogP contribution in [-0.2, 0) is 0 Å². The molecule has 2 saturated carbocycles. The van der Waals surface area contributed by atoms with Gasteiger partial charge in [-0.25, -0.2) is 9.98 Å². The first-order valence-corrected chi connectivity index (χ1v) is 12.6. The zero-order valence-corrected chi connectivity index (χ0v) is 20.5. The van der Waals surface area contributed by atoms with Gasteiger partial charge in [0.15, 0.2) is 0 Å². The second kappa shape index (κ2) is 11.1. The van der Waals surface area contributed by atoms with Crippen molar-refractivity contribution in [2.24, 2.45) is 63.1 Å². The molecular formula is C26H49N3. The molecule has 0 spiro atoms. The fourth-order valence-electron chi connectivity index (χ4n) is 6.71. The Hall–Kier alpha value is -0.660. The molecule has 6 unspecified atom stereocenters. The third-order valence-electron chi connectivity index (χ3n) is 8.38. The fraction of sp³-hybridized carbons (Fsp3) is 0.962. The molecule has 0 saturated heterocycles. The van der Waals surface area contributed by atoms with Crippen molar-refractivity contribution in [3.8, 4) is 0 Å². The van der Waals surface area contributed by atoms with Gasteiger partial charge in [0.25, 0.3) is 0 Å². The summed E-state index contributed by atoms with van der Waals surface area (Å²) in [4.78, 5) is 8.69. The van der Waals surface area contributed by atoms with Gasteiger partial charge in [0.2, 0.25) is 0 Å². The minimum atomic E-state index is -0.120. The first kappa shape index (κ1) is 24.6. The van der Waals surface area contributed by atoms with E-state index in [0.717, 1.165) is 43.2 Å². The average molecular weight is 404 g/mol. The first-order chi connectivity index (χ1) is 13.7. The molecule has 2 fully saturated rings. The predicted octanol–water partition coefficient (Wildman–Crippen LogP) is 6.68. The summed E-state index contributed by atoms with van der Waals surface area (Å²) < 4.78 is 0. The Morgan fingerprint density at radius 2 is 1.34 bits per heavy atom. The highest BCUT2D eigenvalue weighted by Crippen LogP contribution is 2.52.